The summed E-state index contributed by atoms with van der Waals surface area (Å²) in [4.78, 5) is 25.4. The fourth-order valence-corrected chi connectivity index (χ4v) is 2.09. The standard InChI is InChI=1S/C15H20N2O2/c1-3-9-17(14-7-8-14)15(19)16-13-6-4-5-12(10-13)11(2)18/h4-6,10,14H,3,7-9H2,1-2H3,(H,16,19). The quantitative estimate of drug-likeness (QED) is 0.826. The minimum atomic E-state index is -0.0648. The number of hydrogen-bond acceptors (Lipinski definition) is 2. The number of nitrogens with one attached hydrogen (secondary N) is 1. The smallest absolute Gasteiger partial charge is 0.322 e. The molecule has 0 saturated heterocycles. The lowest BCUT2D eigenvalue weighted by Gasteiger charge is -2.22. The second kappa shape index (κ2) is 5.87. The van der Waals surface area contributed by atoms with Crippen molar-refractivity contribution in [2.45, 2.75) is 39.2 Å². The third-order valence-electron chi connectivity index (χ3n) is 3.23. The van der Waals surface area contributed by atoms with Gasteiger partial charge in [-0.15, -0.1) is 0 Å². The van der Waals surface area contributed by atoms with Crippen LogP contribution in [-0.2, 0) is 0 Å². The summed E-state index contributed by atoms with van der Waals surface area (Å²) >= 11 is 0. The van der Waals surface area contributed by atoms with E-state index in [2.05, 4.69) is 12.2 Å². The third-order valence-corrected chi connectivity index (χ3v) is 3.23. The number of hydrogen-bond donors (Lipinski definition) is 1. The van der Waals surface area contributed by atoms with Crippen LogP contribution in [0, 0.1) is 0 Å². The number of urea groups is 1. The molecule has 0 bridgehead atoms. The zero-order valence-corrected chi connectivity index (χ0v) is 11.5. The zero-order valence-electron chi connectivity index (χ0n) is 11.5. The summed E-state index contributed by atoms with van der Waals surface area (Å²) in [6, 6.07) is 7.40. The van der Waals surface area contributed by atoms with Gasteiger partial charge in [-0.1, -0.05) is 19.1 Å². The largest absolute Gasteiger partial charge is 0.322 e. The first kappa shape index (κ1) is 13.6. The van der Waals surface area contributed by atoms with E-state index in [1.165, 1.54) is 6.92 Å². The van der Waals surface area contributed by atoms with E-state index in [9.17, 15) is 9.59 Å². The Morgan fingerprint density at radius 1 is 1.37 bits per heavy atom. The lowest BCUT2D eigenvalue weighted by atomic mass is 10.1. The van der Waals surface area contributed by atoms with Gasteiger partial charge in [-0.05, 0) is 38.3 Å². The fraction of sp³-hybridized carbons (Fsp3) is 0.467. The van der Waals surface area contributed by atoms with Crippen LogP contribution in [0.2, 0.25) is 0 Å². The van der Waals surface area contributed by atoms with Crippen molar-refractivity contribution in [3.63, 3.8) is 0 Å². The van der Waals surface area contributed by atoms with Gasteiger partial charge in [0.05, 0.1) is 0 Å². The number of amides is 2. The molecule has 2 amide bonds. The van der Waals surface area contributed by atoms with Gasteiger partial charge in [-0.25, -0.2) is 4.79 Å². The van der Waals surface area contributed by atoms with Crippen molar-refractivity contribution in [2.75, 3.05) is 11.9 Å². The van der Waals surface area contributed by atoms with Crippen LogP contribution in [0.1, 0.15) is 43.5 Å². The summed E-state index contributed by atoms with van der Waals surface area (Å²) in [6.07, 6.45) is 3.15. The van der Waals surface area contributed by atoms with Gasteiger partial charge in [-0.3, -0.25) is 4.79 Å². The number of nitrogens with zero attached hydrogens (tertiary/aromatic N) is 1. The minimum absolute atomic E-state index is 0.00343. The predicted octanol–water partition coefficient (Wildman–Crippen LogP) is 3.30. The molecule has 1 aromatic rings. The van der Waals surface area contributed by atoms with Gasteiger partial charge in [0.1, 0.15) is 0 Å². The molecule has 1 aliphatic carbocycles. The number of Topliss-reactive ketones (excluding diaryl/α,β-unsaturated/α-hetero) is 1. The summed E-state index contributed by atoms with van der Waals surface area (Å²) in [5, 5.41) is 2.88. The number of carbonyl (C=O) groups excluding carboxylic acids is 2. The highest BCUT2D eigenvalue weighted by molar-refractivity contribution is 5.96. The van der Waals surface area contributed by atoms with E-state index >= 15 is 0 Å². The van der Waals surface area contributed by atoms with Crippen LogP contribution in [0.4, 0.5) is 10.5 Å². The number of carbonyl (C=O) groups is 2. The molecule has 0 atom stereocenters. The summed E-state index contributed by atoms with van der Waals surface area (Å²) < 4.78 is 0. The summed E-state index contributed by atoms with van der Waals surface area (Å²) in [7, 11) is 0. The van der Waals surface area contributed by atoms with Crippen molar-refractivity contribution >= 4 is 17.5 Å². The Morgan fingerprint density at radius 2 is 2.11 bits per heavy atom. The van der Waals surface area contributed by atoms with Crippen LogP contribution in [0.5, 0.6) is 0 Å². The van der Waals surface area contributed by atoms with Gasteiger partial charge >= 0.3 is 6.03 Å². The highest BCUT2D eigenvalue weighted by atomic mass is 16.2. The topological polar surface area (TPSA) is 49.4 Å². The Hall–Kier alpha value is -1.84. The maximum atomic E-state index is 12.2. The van der Waals surface area contributed by atoms with E-state index < -0.39 is 0 Å². The summed E-state index contributed by atoms with van der Waals surface area (Å²) in [6.45, 7) is 4.37. The molecule has 0 spiro atoms. The summed E-state index contributed by atoms with van der Waals surface area (Å²) in [5.41, 5.74) is 1.30. The monoisotopic (exact) mass is 260 g/mol. The van der Waals surface area contributed by atoms with E-state index in [4.69, 9.17) is 0 Å². The van der Waals surface area contributed by atoms with Crippen molar-refractivity contribution in [2.24, 2.45) is 0 Å². The molecule has 1 N–H and O–H groups in total. The molecule has 2 rings (SSSR count). The lowest BCUT2D eigenvalue weighted by molar-refractivity contribution is 0.101. The van der Waals surface area contributed by atoms with Crippen LogP contribution in [-0.4, -0.2) is 29.3 Å². The van der Waals surface area contributed by atoms with Crippen molar-refractivity contribution in [3.05, 3.63) is 29.8 Å². The number of benzene rings is 1. The maximum absolute atomic E-state index is 12.2. The molecule has 4 heteroatoms. The number of anilines is 1. The average Bonchev–Trinajstić information content (AvgIpc) is 3.20. The Balaban J connectivity index is 2.04. The zero-order chi connectivity index (χ0) is 13.8. The first-order valence-corrected chi connectivity index (χ1v) is 6.80. The van der Waals surface area contributed by atoms with Crippen LogP contribution < -0.4 is 5.32 Å². The van der Waals surface area contributed by atoms with E-state index in [1.807, 2.05) is 4.90 Å². The SMILES string of the molecule is CCCN(C(=O)Nc1cccc(C(C)=O)c1)C1CC1. The molecule has 1 aliphatic rings. The summed E-state index contributed by atoms with van der Waals surface area (Å²) in [5.74, 6) is 0.00343. The van der Waals surface area contributed by atoms with E-state index in [-0.39, 0.29) is 11.8 Å². The molecule has 1 fully saturated rings. The average molecular weight is 260 g/mol. The molecular formula is C15H20N2O2. The Bertz CT molecular complexity index is 481. The Morgan fingerprint density at radius 3 is 2.68 bits per heavy atom. The normalized spacial score (nSPS) is 14.0. The molecule has 102 valence electrons. The minimum Gasteiger partial charge on any atom is -0.322 e. The first-order valence-electron chi connectivity index (χ1n) is 6.80. The van der Waals surface area contributed by atoms with Crippen LogP contribution in [0.3, 0.4) is 0 Å². The second-order valence-corrected chi connectivity index (χ2v) is 4.99. The van der Waals surface area contributed by atoms with Gasteiger partial charge in [0, 0.05) is 23.8 Å². The molecule has 0 unspecified atom stereocenters. The molecule has 1 aromatic carbocycles. The van der Waals surface area contributed by atoms with Crippen molar-refractivity contribution < 1.29 is 9.59 Å². The second-order valence-electron chi connectivity index (χ2n) is 4.99. The van der Waals surface area contributed by atoms with Gasteiger partial charge < -0.3 is 10.2 Å². The van der Waals surface area contributed by atoms with Crippen molar-refractivity contribution in [3.8, 4) is 0 Å². The van der Waals surface area contributed by atoms with Crippen molar-refractivity contribution in [1.29, 1.82) is 0 Å². The van der Waals surface area contributed by atoms with Crippen LogP contribution >= 0.6 is 0 Å². The highest BCUT2D eigenvalue weighted by Gasteiger charge is 2.31. The third kappa shape index (κ3) is 3.56. The number of ketones is 1. The molecule has 1 saturated carbocycles. The molecule has 0 aliphatic heterocycles. The van der Waals surface area contributed by atoms with Crippen molar-refractivity contribution in [1.82, 2.24) is 4.90 Å². The van der Waals surface area contributed by atoms with Gasteiger partial charge in [-0.2, -0.15) is 0 Å². The highest BCUT2D eigenvalue weighted by Crippen LogP contribution is 2.27. The first-order chi connectivity index (χ1) is 9.11. The van der Waals surface area contributed by atoms with Crippen LogP contribution in [0.25, 0.3) is 0 Å². The molecule has 0 aromatic heterocycles. The fourth-order valence-electron chi connectivity index (χ4n) is 2.09. The maximum Gasteiger partial charge on any atom is 0.322 e. The van der Waals surface area contributed by atoms with Gasteiger partial charge in [0.25, 0.3) is 0 Å². The molecular weight excluding hydrogens is 240 g/mol. The molecule has 4 nitrogen and oxygen atoms in total. The Labute approximate surface area is 113 Å². The lowest BCUT2D eigenvalue weighted by Crippen LogP contribution is -2.37. The Kier molecular flexibility index (Phi) is 4.20. The van der Waals surface area contributed by atoms with Gasteiger partial charge in [0.2, 0.25) is 0 Å². The van der Waals surface area contributed by atoms with E-state index in [1.54, 1.807) is 24.3 Å². The predicted molar refractivity (Wildman–Crippen MR) is 75.5 cm³/mol. The number of rotatable bonds is 5. The molecule has 19 heavy (non-hydrogen) atoms. The van der Waals surface area contributed by atoms with E-state index in [0.717, 1.165) is 25.8 Å². The van der Waals surface area contributed by atoms with E-state index in [0.29, 0.717) is 17.3 Å². The van der Waals surface area contributed by atoms with Gasteiger partial charge in [0.15, 0.2) is 5.78 Å². The molecule has 0 heterocycles. The molecule has 0 radical (unpaired) electrons. The van der Waals surface area contributed by atoms with Crippen LogP contribution in [0.15, 0.2) is 24.3 Å².